The number of amides is 1. The zero-order valence-corrected chi connectivity index (χ0v) is 14.3. The van der Waals surface area contributed by atoms with Crippen molar-refractivity contribution in [3.8, 4) is 5.75 Å². The number of ether oxygens (including phenoxy) is 1. The van der Waals surface area contributed by atoms with Crippen LogP contribution in [0.1, 0.15) is 45.2 Å². The topological polar surface area (TPSA) is 70.6 Å². The molecule has 0 saturated carbocycles. The van der Waals surface area contributed by atoms with E-state index in [9.17, 15) is 9.90 Å². The first kappa shape index (κ1) is 17.8. The predicted molar refractivity (Wildman–Crippen MR) is 90.4 cm³/mol. The normalized spacial score (nSPS) is 18.7. The Morgan fingerprint density at radius 2 is 2.13 bits per heavy atom. The van der Waals surface area contributed by atoms with Crippen molar-refractivity contribution in [2.75, 3.05) is 19.8 Å². The van der Waals surface area contributed by atoms with Gasteiger partial charge >= 0.3 is 0 Å². The molecule has 0 fully saturated rings. The zero-order valence-electron chi connectivity index (χ0n) is 14.3. The van der Waals surface area contributed by atoms with E-state index >= 15 is 0 Å². The summed E-state index contributed by atoms with van der Waals surface area (Å²) in [4.78, 5) is 12.3. The Labute approximate surface area is 138 Å². The van der Waals surface area contributed by atoms with E-state index in [-0.39, 0.29) is 36.6 Å². The first-order chi connectivity index (χ1) is 10.9. The maximum Gasteiger partial charge on any atom is 0.234 e. The van der Waals surface area contributed by atoms with Gasteiger partial charge in [0.2, 0.25) is 5.91 Å². The SMILES string of the molecule is CC(C)(C)C(CCO)NCC(=O)NC1CCOc2ccccc21. The molecule has 1 heterocycles. The molecule has 2 rings (SSSR count). The van der Waals surface area contributed by atoms with E-state index in [0.29, 0.717) is 13.0 Å². The van der Waals surface area contributed by atoms with Crippen LogP contribution in [0.25, 0.3) is 0 Å². The third-order valence-corrected chi connectivity index (χ3v) is 4.27. The maximum atomic E-state index is 12.3. The van der Waals surface area contributed by atoms with Crippen LogP contribution >= 0.6 is 0 Å². The quantitative estimate of drug-likeness (QED) is 0.750. The Morgan fingerprint density at radius 3 is 2.83 bits per heavy atom. The van der Waals surface area contributed by atoms with Gasteiger partial charge in [-0.2, -0.15) is 0 Å². The zero-order chi connectivity index (χ0) is 16.9. The van der Waals surface area contributed by atoms with Crippen molar-refractivity contribution in [2.24, 2.45) is 5.41 Å². The molecular weight excluding hydrogens is 292 g/mol. The van der Waals surface area contributed by atoms with E-state index in [0.717, 1.165) is 17.7 Å². The van der Waals surface area contributed by atoms with Crippen molar-refractivity contribution < 1.29 is 14.6 Å². The molecule has 0 bridgehead atoms. The first-order valence-electron chi connectivity index (χ1n) is 8.27. The number of carbonyl (C=O) groups excluding carboxylic acids is 1. The number of aliphatic hydroxyl groups is 1. The fourth-order valence-electron chi connectivity index (χ4n) is 2.92. The molecule has 1 amide bonds. The lowest BCUT2D eigenvalue weighted by Crippen LogP contribution is -2.46. The Bertz CT molecular complexity index is 525. The molecule has 5 heteroatoms. The molecule has 0 aliphatic carbocycles. The average Bonchev–Trinajstić information content (AvgIpc) is 2.50. The molecule has 1 aliphatic heterocycles. The highest BCUT2D eigenvalue weighted by Gasteiger charge is 2.26. The molecule has 1 aliphatic rings. The van der Waals surface area contributed by atoms with Crippen LogP contribution in [0.3, 0.4) is 0 Å². The molecule has 3 N–H and O–H groups in total. The molecule has 5 nitrogen and oxygen atoms in total. The van der Waals surface area contributed by atoms with Crippen LogP contribution in [0.2, 0.25) is 0 Å². The molecule has 1 aromatic carbocycles. The summed E-state index contributed by atoms with van der Waals surface area (Å²) in [5.74, 6) is 0.823. The summed E-state index contributed by atoms with van der Waals surface area (Å²) in [6.07, 6.45) is 1.42. The molecule has 0 aromatic heterocycles. The van der Waals surface area contributed by atoms with Gasteiger partial charge in [-0.15, -0.1) is 0 Å². The monoisotopic (exact) mass is 320 g/mol. The number of carbonyl (C=O) groups is 1. The number of rotatable bonds is 6. The van der Waals surface area contributed by atoms with E-state index in [1.165, 1.54) is 0 Å². The highest BCUT2D eigenvalue weighted by Crippen LogP contribution is 2.31. The number of hydrogen-bond donors (Lipinski definition) is 3. The summed E-state index contributed by atoms with van der Waals surface area (Å²) in [5, 5.41) is 15.5. The number of hydrogen-bond acceptors (Lipinski definition) is 4. The number of nitrogens with one attached hydrogen (secondary N) is 2. The van der Waals surface area contributed by atoms with E-state index in [1.807, 2.05) is 24.3 Å². The third-order valence-electron chi connectivity index (χ3n) is 4.27. The third kappa shape index (κ3) is 4.94. The van der Waals surface area contributed by atoms with Gasteiger partial charge in [-0.25, -0.2) is 0 Å². The Morgan fingerprint density at radius 1 is 1.39 bits per heavy atom. The molecule has 1 aromatic rings. The van der Waals surface area contributed by atoms with E-state index < -0.39 is 0 Å². The number of para-hydroxylation sites is 1. The van der Waals surface area contributed by atoms with Gasteiger partial charge in [-0.3, -0.25) is 4.79 Å². The molecule has 23 heavy (non-hydrogen) atoms. The van der Waals surface area contributed by atoms with Gasteiger partial charge in [-0.1, -0.05) is 39.0 Å². The summed E-state index contributed by atoms with van der Waals surface area (Å²) >= 11 is 0. The largest absolute Gasteiger partial charge is 0.493 e. The predicted octanol–water partition coefficient (Wildman–Crippen LogP) is 2.01. The van der Waals surface area contributed by atoms with Crippen LogP contribution in [0, 0.1) is 5.41 Å². The summed E-state index contributed by atoms with van der Waals surface area (Å²) in [7, 11) is 0. The molecule has 2 atom stereocenters. The number of fused-ring (bicyclic) bond motifs is 1. The van der Waals surface area contributed by atoms with Gasteiger partial charge in [0.1, 0.15) is 5.75 Å². The van der Waals surface area contributed by atoms with E-state index in [1.54, 1.807) is 0 Å². The van der Waals surface area contributed by atoms with Gasteiger partial charge in [0, 0.05) is 24.6 Å². The van der Waals surface area contributed by atoms with Crippen molar-refractivity contribution in [1.82, 2.24) is 10.6 Å². The van der Waals surface area contributed by atoms with Crippen molar-refractivity contribution in [1.29, 1.82) is 0 Å². The van der Waals surface area contributed by atoms with Gasteiger partial charge in [0.05, 0.1) is 19.2 Å². The highest BCUT2D eigenvalue weighted by molar-refractivity contribution is 5.78. The summed E-state index contributed by atoms with van der Waals surface area (Å²) in [6, 6.07) is 7.93. The van der Waals surface area contributed by atoms with Crippen molar-refractivity contribution >= 4 is 5.91 Å². The minimum Gasteiger partial charge on any atom is -0.493 e. The van der Waals surface area contributed by atoms with Crippen LogP contribution < -0.4 is 15.4 Å². The van der Waals surface area contributed by atoms with Gasteiger partial charge in [0.25, 0.3) is 0 Å². The van der Waals surface area contributed by atoms with Gasteiger partial charge < -0.3 is 20.5 Å². The summed E-state index contributed by atoms with van der Waals surface area (Å²) < 4.78 is 5.62. The van der Waals surface area contributed by atoms with Gasteiger partial charge in [-0.05, 0) is 17.9 Å². The number of aliphatic hydroxyl groups excluding tert-OH is 1. The van der Waals surface area contributed by atoms with Crippen LogP contribution in [0.4, 0.5) is 0 Å². The second-order valence-electron chi connectivity index (χ2n) is 7.11. The van der Waals surface area contributed by atoms with E-state index in [4.69, 9.17) is 4.74 Å². The van der Waals surface area contributed by atoms with Crippen molar-refractivity contribution in [2.45, 2.75) is 45.7 Å². The lowest BCUT2D eigenvalue weighted by atomic mass is 9.85. The summed E-state index contributed by atoms with van der Waals surface area (Å²) in [5.41, 5.74) is 1.03. The van der Waals surface area contributed by atoms with Crippen molar-refractivity contribution in [3.05, 3.63) is 29.8 Å². The lowest BCUT2D eigenvalue weighted by Gasteiger charge is -2.31. The summed E-state index contributed by atoms with van der Waals surface area (Å²) in [6.45, 7) is 7.29. The fourth-order valence-corrected chi connectivity index (χ4v) is 2.92. The standard InChI is InChI=1S/C18H28N2O3/c1-18(2,3)16(8-10-21)19-12-17(22)20-14-9-11-23-15-7-5-4-6-13(14)15/h4-7,14,16,19,21H,8-12H2,1-3H3,(H,20,22). The Kier molecular flexibility index (Phi) is 6.02. The smallest absolute Gasteiger partial charge is 0.234 e. The average molecular weight is 320 g/mol. The second kappa shape index (κ2) is 7.79. The van der Waals surface area contributed by atoms with Crippen molar-refractivity contribution in [3.63, 3.8) is 0 Å². The maximum absolute atomic E-state index is 12.3. The van der Waals surface area contributed by atoms with Gasteiger partial charge in [0.15, 0.2) is 0 Å². The molecule has 2 unspecified atom stereocenters. The second-order valence-corrected chi connectivity index (χ2v) is 7.11. The molecule has 128 valence electrons. The first-order valence-corrected chi connectivity index (χ1v) is 8.27. The van der Waals surface area contributed by atoms with Crippen LogP contribution in [0.15, 0.2) is 24.3 Å². The molecule has 0 radical (unpaired) electrons. The highest BCUT2D eigenvalue weighted by atomic mass is 16.5. The fraction of sp³-hybridized carbons (Fsp3) is 0.611. The van der Waals surface area contributed by atoms with E-state index in [2.05, 4.69) is 31.4 Å². The molecule has 0 spiro atoms. The molecule has 0 saturated heterocycles. The number of benzene rings is 1. The lowest BCUT2D eigenvalue weighted by molar-refractivity contribution is -0.121. The Balaban J connectivity index is 1.90. The van der Waals surface area contributed by atoms with Crippen LogP contribution in [0.5, 0.6) is 5.75 Å². The Hall–Kier alpha value is -1.59. The minimum atomic E-state index is -0.0288. The van der Waals surface area contributed by atoms with Crippen LogP contribution in [-0.2, 0) is 4.79 Å². The molecular formula is C18H28N2O3. The minimum absolute atomic E-state index is 0.000165. The van der Waals surface area contributed by atoms with Crippen LogP contribution in [-0.4, -0.2) is 36.8 Å².